The van der Waals surface area contributed by atoms with Crippen LogP contribution in [0.2, 0.25) is 0 Å². The molecule has 0 saturated carbocycles. The van der Waals surface area contributed by atoms with Gasteiger partial charge in [0, 0.05) is 16.8 Å². The molecule has 3 aliphatic heterocycles. The highest BCUT2D eigenvalue weighted by atomic mass is 16.5. The Bertz CT molecular complexity index is 1230. The number of rotatable bonds is 4. The summed E-state index contributed by atoms with van der Waals surface area (Å²) in [4.78, 5) is 39.4. The van der Waals surface area contributed by atoms with Gasteiger partial charge in [0.1, 0.15) is 0 Å². The summed E-state index contributed by atoms with van der Waals surface area (Å²) in [6, 6.07) is 12.7. The third-order valence-electron chi connectivity index (χ3n) is 7.00. The van der Waals surface area contributed by atoms with Crippen LogP contribution >= 0.6 is 0 Å². The molecule has 3 aliphatic rings. The second-order valence-corrected chi connectivity index (χ2v) is 8.68. The SMILES string of the molecule is CC12CCC(CC=CC(=O)O)(O1)C1C(=O)N(c3ccc(C#N)c4ccccc34)C(=O)C12. The van der Waals surface area contributed by atoms with E-state index in [9.17, 15) is 19.6 Å². The van der Waals surface area contributed by atoms with Gasteiger partial charge in [-0.25, -0.2) is 9.69 Å². The van der Waals surface area contributed by atoms with E-state index >= 15 is 0 Å². The molecule has 4 atom stereocenters. The van der Waals surface area contributed by atoms with Gasteiger partial charge in [-0.2, -0.15) is 5.26 Å². The molecule has 2 amide bonds. The Morgan fingerprint density at radius 3 is 2.61 bits per heavy atom. The molecule has 3 fully saturated rings. The van der Waals surface area contributed by atoms with Crippen molar-refractivity contribution in [3.8, 4) is 6.07 Å². The van der Waals surface area contributed by atoms with Crippen molar-refractivity contribution in [3.63, 3.8) is 0 Å². The summed E-state index contributed by atoms with van der Waals surface area (Å²) in [5, 5.41) is 19.7. The van der Waals surface area contributed by atoms with Crippen LogP contribution in [0.15, 0.2) is 48.6 Å². The number of carboxylic acid groups (broad SMARTS) is 1. The van der Waals surface area contributed by atoms with Crippen LogP contribution in [0.5, 0.6) is 0 Å². The zero-order chi connectivity index (χ0) is 22.0. The van der Waals surface area contributed by atoms with Crippen molar-refractivity contribution in [2.45, 2.75) is 37.4 Å². The number of ether oxygens (including phenoxy) is 1. The summed E-state index contributed by atoms with van der Waals surface area (Å²) < 4.78 is 6.29. The molecule has 4 unspecified atom stereocenters. The molecule has 2 aromatic rings. The summed E-state index contributed by atoms with van der Waals surface area (Å²) in [7, 11) is 0. The van der Waals surface area contributed by atoms with Gasteiger partial charge >= 0.3 is 5.97 Å². The van der Waals surface area contributed by atoms with E-state index in [1.54, 1.807) is 24.3 Å². The van der Waals surface area contributed by atoms with Crippen molar-refractivity contribution in [1.82, 2.24) is 0 Å². The maximum atomic E-state index is 13.6. The number of amides is 2. The molecule has 31 heavy (non-hydrogen) atoms. The first-order chi connectivity index (χ1) is 14.8. The van der Waals surface area contributed by atoms with Gasteiger partial charge in [-0.1, -0.05) is 30.3 Å². The molecular formula is C24H20N2O5. The molecule has 156 valence electrons. The van der Waals surface area contributed by atoms with E-state index in [2.05, 4.69) is 6.07 Å². The summed E-state index contributed by atoms with van der Waals surface area (Å²) in [6.45, 7) is 1.87. The lowest BCUT2D eigenvalue weighted by Crippen LogP contribution is -2.41. The van der Waals surface area contributed by atoms with Crippen LogP contribution in [0.3, 0.4) is 0 Å². The molecule has 0 spiro atoms. The second-order valence-electron chi connectivity index (χ2n) is 8.68. The van der Waals surface area contributed by atoms with Gasteiger partial charge in [0.15, 0.2) is 0 Å². The topological polar surface area (TPSA) is 108 Å². The summed E-state index contributed by atoms with van der Waals surface area (Å²) in [6.07, 6.45) is 4.05. The lowest BCUT2D eigenvalue weighted by atomic mass is 9.67. The van der Waals surface area contributed by atoms with Crippen molar-refractivity contribution < 1.29 is 24.2 Å². The standard InChI is InChI=1S/C24H20N2O5/c1-23-11-12-24(31-23,10-4-7-18(27)28)20-19(23)21(29)26(22(20)30)17-9-8-14(13-25)15-5-2-3-6-16(15)17/h2-9,19-20H,10-12H2,1H3,(H,27,28). The average Bonchev–Trinajstić information content (AvgIpc) is 3.32. The Balaban J connectivity index is 1.61. The minimum absolute atomic E-state index is 0.261. The predicted octanol–water partition coefficient (Wildman–Crippen LogP) is 3.17. The molecule has 2 bridgehead atoms. The van der Waals surface area contributed by atoms with E-state index < -0.39 is 29.0 Å². The van der Waals surface area contributed by atoms with Gasteiger partial charge < -0.3 is 9.84 Å². The van der Waals surface area contributed by atoms with Crippen LogP contribution in [0.25, 0.3) is 10.8 Å². The number of carbonyl (C=O) groups excluding carboxylic acids is 2. The average molecular weight is 416 g/mol. The van der Waals surface area contributed by atoms with Crippen LogP contribution in [0, 0.1) is 23.2 Å². The number of nitrogens with zero attached hydrogens (tertiary/aromatic N) is 2. The van der Waals surface area contributed by atoms with Crippen LogP contribution in [0.4, 0.5) is 5.69 Å². The number of benzene rings is 2. The van der Waals surface area contributed by atoms with Crippen LogP contribution in [-0.4, -0.2) is 34.1 Å². The number of hydrogen-bond acceptors (Lipinski definition) is 5. The van der Waals surface area contributed by atoms with Crippen LogP contribution in [0.1, 0.15) is 31.7 Å². The van der Waals surface area contributed by atoms with Gasteiger partial charge in [0.05, 0.1) is 40.4 Å². The normalized spacial score (nSPS) is 31.5. The van der Waals surface area contributed by atoms with Crippen molar-refractivity contribution >= 4 is 34.2 Å². The van der Waals surface area contributed by atoms with Gasteiger partial charge in [0.25, 0.3) is 0 Å². The number of aliphatic carboxylic acids is 1. The van der Waals surface area contributed by atoms with E-state index in [-0.39, 0.29) is 18.2 Å². The fourth-order valence-corrected chi connectivity index (χ4v) is 5.72. The predicted molar refractivity (Wildman–Crippen MR) is 111 cm³/mol. The first kappa shape index (κ1) is 19.5. The Hall–Kier alpha value is -3.50. The van der Waals surface area contributed by atoms with Gasteiger partial charge in [0.2, 0.25) is 11.8 Å². The Morgan fingerprint density at radius 1 is 1.19 bits per heavy atom. The first-order valence-corrected chi connectivity index (χ1v) is 10.2. The molecule has 7 heteroatoms. The monoisotopic (exact) mass is 416 g/mol. The van der Waals surface area contributed by atoms with E-state index in [1.807, 2.05) is 19.1 Å². The third kappa shape index (κ3) is 2.58. The summed E-state index contributed by atoms with van der Waals surface area (Å²) in [5.74, 6) is -2.95. The number of carbonyl (C=O) groups is 3. The number of nitriles is 1. The fraction of sp³-hybridized carbons (Fsp3) is 0.333. The van der Waals surface area contributed by atoms with E-state index in [4.69, 9.17) is 9.84 Å². The molecule has 0 aliphatic carbocycles. The first-order valence-electron chi connectivity index (χ1n) is 10.2. The van der Waals surface area contributed by atoms with Crippen molar-refractivity contribution in [2.24, 2.45) is 11.8 Å². The quantitative estimate of drug-likeness (QED) is 0.606. The van der Waals surface area contributed by atoms with E-state index in [0.717, 1.165) is 6.08 Å². The van der Waals surface area contributed by atoms with E-state index in [0.29, 0.717) is 34.9 Å². The number of imide groups is 1. The van der Waals surface area contributed by atoms with Crippen molar-refractivity contribution in [2.75, 3.05) is 4.90 Å². The Labute approximate surface area is 178 Å². The second kappa shape index (κ2) is 6.50. The maximum absolute atomic E-state index is 13.6. The van der Waals surface area contributed by atoms with Crippen LogP contribution < -0.4 is 4.90 Å². The molecule has 2 aromatic carbocycles. The van der Waals surface area contributed by atoms with E-state index in [1.165, 1.54) is 11.0 Å². The largest absolute Gasteiger partial charge is 0.478 e. The molecule has 1 N–H and O–H groups in total. The minimum atomic E-state index is -1.06. The van der Waals surface area contributed by atoms with Gasteiger partial charge in [-0.15, -0.1) is 0 Å². The molecule has 5 rings (SSSR count). The summed E-state index contributed by atoms with van der Waals surface area (Å²) in [5.41, 5.74) is -0.691. The highest BCUT2D eigenvalue weighted by molar-refractivity contribution is 6.26. The number of hydrogen-bond donors (Lipinski definition) is 1. The van der Waals surface area contributed by atoms with Gasteiger partial charge in [-0.05, 0) is 38.3 Å². The van der Waals surface area contributed by atoms with Crippen molar-refractivity contribution in [3.05, 3.63) is 54.1 Å². The maximum Gasteiger partial charge on any atom is 0.327 e. The molecule has 7 nitrogen and oxygen atoms in total. The Kier molecular flexibility index (Phi) is 4.08. The number of fused-ring (bicyclic) bond motifs is 6. The zero-order valence-corrected chi connectivity index (χ0v) is 16.9. The smallest absolute Gasteiger partial charge is 0.327 e. The molecule has 3 saturated heterocycles. The molecular weight excluding hydrogens is 396 g/mol. The lowest BCUT2D eigenvalue weighted by Gasteiger charge is -2.30. The van der Waals surface area contributed by atoms with Crippen LogP contribution in [-0.2, 0) is 19.1 Å². The Morgan fingerprint density at radius 2 is 1.90 bits per heavy atom. The molecule has 0 radical (unpaired) electrons. The summed E-state index contributed by atoms with van der Waals surface area (Å²) >= 11 is 0. The number of carboxylic acids is 1. The minimum Gasteiger partial charge on any atom is -0.478 e. The highest BCUT2D eigenvalue weighted by Gasteiger charge is 2.73. The third-order valence-corrected chi connectivity index (χ3v) is 7.00. The van der Waals surface area contributed by atoms with Gasteiger partial charge in [-0.3, -0.25) is 9.59 Å². The van der Waals surface area contributed by atoms with Crippen molar-refractivity contribution in [1.29, 1.82) is 5.26 Å². The lowest BCUT2D eigenvalue weighted by molar-refractivity contribution is -0.131. The number of anilines is 1. The molecule has 0 aromatic heterocycles. The highest BCUT2D eigenvalue weighted by Crippen LogP contribution is 2.62. The molecule has 3 heterocycles. The fourth-order valence-electron chi connectivity index (χ4n) is 5.72. The zero-order valence-electron chi connectivity index (χ0n) is 16.9.